The lowest BCUT2D eigenvalue weighted by molar-refractivity contribution is -0.393. The average molecular weight is 401 g/mol. The minimum Gasteiger partial charge on any atom is -0.496 e. The minimum atomic E-state index is -0.706. The van der Waals surface area contributed by atoms with E-state index in [-0.39, 0.29) is 11.4 Å². The topological polar surface area (TPSA) is 132 Å². The maximum atomic E-state index is 11.2. The van der Waals surface area contributed by atoms with E-state index in [1.165, 1.54) is 18.3 Å². The van der Waals surface area contributed by atoms with E-state index < -0.39 is 15.5 Å². The number of nitrogens with one attached hydrogen (secondary N) is 1. The summed E-state index contributed by atoms with van der Waals surface area (Å²) in [5.41, 5.74) is 3.47. The molecule has 0 bridgehead atoms. The van der Waals surface area contributed by atoms with Gasteiger partial charge >= 0.3 is 5.69 Å². The van der Waals surface area contributed by atoms with Crippen molar-refractivity contribution in [3.63, 3.8) is 0 Å². The Morgan fingerprint density at radius 1 is 1.14 bits per heavy atom. The largest absolute Gasteiger partial charge is 0.496 e. The fourth-order valence-corrected chi connectivity index (χ4v) is 2.88. The van der Waals surface area contributed by atoms with Crippen LogP contribution >= 0.6 is 0 Å². The fourth-order valence-electron chi connectivity index (χ4n) is 2.88. The number of anilines is 2. The molecule has 1 saturated heterocycles. The van der Waals surface area contributed by atoms with Crippen molar-refractivity contribution in [1.29, 1.82) is 0 Å². The van der Waals surface area contributed by atoms with Crippen LogP contribution in [0.4, 0.5) is 22.7 Å². The summed E-state index contributed by atoms with van der Waals surface area (Å²) in [6.07, 6.45) is 1.47. The molecule has 2 aromatic rings. The van der Waals surface area contributed by atoms with Gasteiger partial charge in [-0.1, -0.05) is 0 Å². The van der Waals surface area contributed by atoms with Gasteiger partial charge in [0.25, 0.3) is 5.69 Å². The molecule has 0 radical (unpaired) electrons. The molecule has 1 heterocycles. The van der Waals surface area contributed by atoms with Gasteiger partial charge in [0.05, 0.1) is 42.5 Å². The molecule has 0 atom stereocenters. The molecule has 1 N–H and O–H groups in total. The van der Waals surface area contributed by atoms with E-state index in [1.54, 1.807) is 7.11 Å². The van der Waals surface area contributed by atoms with Crippen molar-refractivity contribution < 1.29 is 19.3 Å². The third-order valence-electron chi connectivity index (χ3n) is 4.37. The van der Waals surface area contributed by atoms with E-state index >= 15 is 0 Å². The molecule has 1 fully saturated rings. The molecular formula is C18H19N5O6. The number of hydrogen-bond acceptors (Lipinski definition) is 9. The second kappa shape index (κ2) is 8.97. The highest BCUT2D eigenvalue weighted by Gasteiger charge is 2.19. The molecule has 0 unspecified atom stereocenters. The van der Waals surface area contributed by atoms with E-state index in [9.17, 15) is 20.2 Å². The number of nitrogens with zero attached hydrogens (tertiary/aromatic N) is 4. The number of methoxy groups -OCH3 is 1. The van der Waals surface area contributed by atoms with Gasteiger partial charge in [0.15, 0.2) is 0 Å². The molecule has 2 aromatic carbocycles. The Balaban J connectivity index is 1.78. The Hall–Kier alpha value is -3.73. The van der Waals surface area contributed by atoms with Crippen LogP contribution in [0.2, 0.25) is 0 Å². The minimum absolute atomic E-state index is 0.0424. The Labute approximate surface area is 165 Å². The van der Waals surface area contributed by atoms with Crippen molar-refractivity contribution in [2.75, 3.05) is 43.7 Å². The molecule has 152 valence electrons. The third-order valence-corrected chi connectivity index (χ3v) is 4.37. The van der Waals surface area contributed by atoms with Crippen LogP contribution in [0.25, 0.3) is 0 Å². The monoisotopic (exact) mass is 401 g/mol. The Kier molecular flexibility index (Phi) is 6.19. The summed E-state index contributed by atoms with van der Waals surface area (Å²) in [6.45, 7) is 2.93. The van der Waals surface area contributed by atoms with Gasteiger partial charge in [0, 0.05) is 36.5 Å². The van der Waals surface area contributed by atoms with E-state index in [0.717, 1.165) is 24.8 Å². The van der Waals surface area contributed by atoms with Crippen LogP contribution < -0.4 is 15.1 Å². The van der Waals surface area contributed by atoms with Crippen molar-refractivity contribution in [3.05, 3.63) is 62.2 Å². The predicted octanol–water partition coefficient (Wildman–Crippen LogP) is 2.79. The van der Waals surface area contributed by atoms with Crippen LogP contribution in [-0.4, -0.2) is 49.5 Å². The first kappa shape index (κ1) is 20.0. The molecule has 29 heavy (non-hydrogen) atoms. The number of hydrogen-bond donors (Lipinski definition) is 1. The number of benzene rings is 2. The summed E-state index contributed by atoms with van der Waals surface area (Å²) >= 11 is 0. The zero-order valence-corrected chi connectivity index (χ0v) is 15.6. The van der Waals surface area contributed by atoms with Crippen molar-refractivity contribution in [3.8, 4) is 5.75 Å². The molecule has 0 amide bonds. The maximum absolute atomic E-state index is 11.2. The lowest BCUT2D eigenvalue weighted by atomic mass is 10.1. The molecule has 0 aliphatic carbocycles. The number of nitro benzene ring substituents is 2. The van der Waals surface area contributed by atoms with Gasteiger partial charge in [-0.05, 0) is 18.2 Å². The molecule has 1 aliphatic rings. The van der Waals surface area contributed by atoms with Gasteiger partial charge in [-0.3, -0.25) is 25.7 Å². The van der Waals surface area contributed by atoms with Crippen molar-refractivity contribution in [2.45, 2.75) is 0 Å². The Bertz CT molecular complexity index is 942. The normalized spacial score (nSPS) is 14.0. The standard InChI is InChI=1S/C18H19N5O6/c1-28-18-11-14(21-6-8-29-9-7-21)3-2-13(18)12-19-20-16-5-4-15(22(24)25)10-17(16)23(26)27/h2-5,10-12,20H,6-9H2,1H3/b19-12-. The van der Waals surface area contributed by atoms with Gasteiger partial charge in [0.2, 0.25) is 0 Å². The van der Waals surface area contributed by atoms with E-state index in [0.29, 0.717) is 24.5 Å². The summed E-state index contributed by atoms with van der Waals surface area (Å²) < 4.78 is 10.8. The second-order valence-corrected chi connectivity index (χ2v) is 6.11. The summed E-state index contributed by atoms with van der Waals surface area (Å²) in [5, 5.41) is 26.0. The van der Waals surface area contributed by atoms with Gasteiger partial charge in [-0.15, -0.1) is 0 Å². The average Bonchev–Trinajstić information content (AvgIpc) is 2.74. The van der Waals surface area contributed by atoms with Crippen LogP contribution in [0.5, 0.6) is 5.75 Å². The van der Waals surface area contributed by atoms with Crippen molar-refractivity contribution in [2.24, 2.45) is 5.10 Å². The molecule has 0 aromatic heterocycles. The van der Waals surface area contributed by atoms with Gasteiger partial charge < -0.3 is 14.4 Å². The van der Waals surface area contributed by atoms with Crippen LogP contribution in [0.3, 0.4) is 0 Å². The quantitative estimate of drug-likeness (QED) is 0.425. The fraction of sp³-hybridized carbons (Fsp3) is 0.278. The van der Waals surface area contributed by atoms with Crippen LogP contribution in [0, 0.1) is 20.2 Å². The molecular weight excluding hydrogens is 382 g/mol. The zero-order valence-electron chi connectivity index (χ0n) is 15.6. The molecule has 0 saturated carbocycles. The molecule has 11 nitrogen and oxygen atoms in total. The number of hydrazone groups is 1. The first-order valence-electron chi connectivity index (χ1n) is 8.72. The smallest absolute Gasteiger partial charge is 0.301 e. The van der Waals surface area contributed by atoms with E-state index in [1.807, 2.05) is 18.2 Å². The highest BCUT2D eigenvalue weighted by atomic mass is 16.6. The number of ether oxygens (including phenoxy) is 2. The van der Waals surface area contributed by atoms with Gasteiger partial charge in [-0.2, -0.15) is 5.10 Å². The summed E-state index contributed by atoms with van der Waals surface area (Å²) in [6, 6.07) is 8.95. The van der Waals surface area contributed by atoms with Crippen molar-refractivity contribution >= 4 is 29.0 Å². The van der Waals surface area contributed by atoms with Crippen LogP contribution in [0.1, 0.15) is 5.56 Å². The Morgan fingerprint density at radius 3 is 2.55 bits per heavy atom. The molecule has 1 aliphatic heterocycles. The maximum Gasteiger partial charge on any atom is 0.301 e. The predicted molar refractivity (Wildman–Crippen MR) is 107 cm³/mol. The highest BCUT2D eigenvalue weighted by molar-refractivity contribution is 5.85. The summed E-state index contributed by atoms with van der Waals surface area (Å²) in [4.78, 5) is 22.8. The van der Waals surface area contributed by atoms with E-state index in [4.69, 9.17) is 9.47 Å². The van der Waals surface area contributed by atoms with Crippen LogP contribution in [-0.2, 0) is 4.74 Å². The Morgan fingerprint density at radius 2 is 1.90 bits per heavy atom. The molecule has 0 spiro atoms. The number of morpholine rings is 1. The third kappa shape index (κ3) is 4.76. The number of nitro groups is 2. The van der Waals surface area contributed by atoms with E-state index in [2.05, 4.69) is 15.4 Å². The second-order valence-electron chi connectivity index (χ2n) is 6.11. The van der Waals surface area contributed by atoms with Crippen LogP contribution in [0.15, 0.2) is 41.5 Å². The lowest BCUT2D eigenvalue weighted by Crippen LogP contribution is -2.36. The lowest BCUT2D eigenvalue weighted by Gasteiger charge is -2.29. The summed E-state index contributed by atoms with van der Waals surface area (Å²) in [5.74, 6) is 0.595. The number of non-ortho nitro benzene ring substituents is 1. The first-order chi connectivity index (χ1) is 14.0. The summed E-state index contributed by atoms with van der Waals surface area (Å²) in [7, 11) is 1.55. The molecule has 3 rings (SSSR count). The first-order valence-corrected chi connectivity index (χ1v) is 8.72. The van der Waals surface area contributed by atoms with Crippen molar-refractivity contribution in [1.82, 2.24) is 0 Å². The van der Waals surface area contributed by atoms with Gasteiger partial charge in [0.1, 0.15) is 11.4 Å². The van der Waals surface area contributed by atoms with Gasteiger partial charge in [-0.25, -0.2) is 0 Å². The SMILES string of the molecule is COc1cc(N2CCOCC2)ccc1/C=N\Nc1ccc([N+](=O)[O-])cc1[N+](=O)[O-]. The molecule has 11 heteroatoms. The highest BCUT2D eigenvalue weighted by Crippen LogP contribution is 2.29. The zero-order chi connectivity index (χ0) is 20.8. The number of rotatable bonds is 7.